The summed E-state index contributed by atoms with van der Waals surface area (Å²) in [5.74, 6) is -1.23. The lowest BCUT2D eigenvalue weighted by atomic mass is 9.96. The maximum Gasteiger partial charge on any atom is 0.355 e. The van der Waals surface area contributed by atoms with Gasteiger partial charge in [-0.15, -0.1) is 11.3 Å². The molecule has 1 unspecified atom stereocenters. The molecule has 0 radical (unpaired) electrons. The van der Waals surface area contributed by atoms with Crippen LogP contribution in [0.25, 0.3) is 0 Å². The summed E-state index contributed by atoms with van der Waals surface area (Å²) in [5.41, 5.74) is 5.08. The molecule has 1 aromatic rings. The van der Waals surface area contributed by atoms with Gasteiger partial charge in [0, 0.05) is 18.3 Å². The van der Waals surface area contributed by atoms with E-state index in [0.717, 1.165) is 6.42 Å². The molecule has 6 nitrogen and oxygen atoms in total. The minimum absolute atomic E-state index is 0.0426. The fourth-order valence-corrected chi connectivity index (χ4v) is 2.41. The van der Waals surface area contributed by atoms with Gasteiger partial charge in [0.1, 0.15) is 0 Å². The number of carbonyl (C=O) groups excluding carboxylic acids is 1. The van der Waals surface area contributed by atoms with E-state index in [0.29, 0.717) is 24.4 Å². The minimum atomic E-state index is -1.04. The zero-order valence-corrected chi connectivity index (χ0v) is 11.9. The molecular weight excluding hydrogens is 266 g/mol. The number of aromatic nitrogens is 1. The number of thiazole rings is 1. The highest BCUT2D eigenvalue weighted by molar-refractivity contribution is 7.09. The predicted molar refractivity (Wildman–Crippen MR) is 73.3 cm³/mol. The molecule has 0 bridgehead atoms. The molecule has 1 atom stereocenters. The Morgan fingerprint density at radius 2 is 2.26 bits per heavy atom. The Kier molecular flexibility index (Phi) is 5.44. The zero-order chi connectivity index (χ0) is 14.5. The van der Waals surface area contributed by atoms with Crippen LogP contribution in [0.1, 0.15) is 42.2 Å². The quantitative estimate of drug-likeness (QED) is 0.693. The van der Waals surface area contributed by atoms with Gasteiger partial charge in [0.25, 0.3) is 0 Å². The monoisotopic (exact) mass is 285 g/mol. The molecule has 1 aromatic heterocycles. The van der Waals surface area contributed by atoms with Gasteiger partial charge in [0.2, 0.25) is 5.91 Å². The Balaban J connectivity index is 2.41. The molecule has 0 fully saturated rings. The van der Waals surface area contributed by atoms with Crippen LogP contribution >= 0.6 is 11.3 Å². The fourth-order valence-electron chi connectivity index (χ4n) is 1.64. The lowest BCUT2D eigenvalue weighted by molar-refractivity contribution is -0.126. The number of carboxylic acids is 1. The van der Waals surface area contributed by atoms with Crippen LogP contribution in [0, 0.1) is 0 Å². The van der Waals surface area contributed by atoms with Crippen molar-refractivity contribution in [1.29, 1.82) is 0 Å². The summed E-state index contributed by atoms with van der Waals surface area (Å²) in [6, 6.07) is 0. The average molecular weight is 285 g/mol. The third-order valence-electron chi connectivity index (χ3n) is 2.68. The normalized spacial score (nSPS) is 13.8. The lowest BCUT2D eigenvalue weighted by Crippen LogP contribution is -2.51. The van der Waals surface area contributed by atoms with Gasteiger partial charge in [-0.25, -0.2) is 9.78 Å². The van der Waals surface area contributed by atoms with Crippen LogP contribution in [0.15, 0.2) is 5.38 Å². The molecule has 7 heteroatoms. The summed E-state index contributed by atoms with van der Waals surface area (Å²) in [7, 11) is 0. The number of carboxylic acid groups (broad SMARTS) is 1. The molecule has 106 valence electrons. The molecule has 0 aromatic carbocycles. The third-order valence-corrected chi connectivity index (χ3v) is 3.59. The molecule has 0 saturated heterocycles. The molecule has 0 saturated carbocycles. The molecule has 4 N–H and O–H groups in total. The second-order valence-electron chi connectivity index (χ2n) is 4.61. The summed E-state index contributed by atoms with van der Waals surface area (Å²) in [4.78, 5) is 26.4. The van der Waals surface area contributed by atoms with Crippen LogP contribution in [0.3, 0.4) is 0 Å². The first-order valence-electron chi connectivity index (χ1n) is 6.11. The minimum Gasteiger partial charge on any atom is -0.476 e. The molecular formula is C12H19N3O3S. The zero-order valence-electron chi connectivity index (χ0n) is 11.1. The average Bonchev–Trinajstić information content (AvgIpc) is 2.77. The standard InChI is InChI=1S/C12H19N3O3S/c1-3-5-12(2,13)11(18)14-6-4-9-15-8(7-19-9)10(16)17/h7H,3-6,13H2,1-2H3,(H,14,18)(H,16,17). The van der Waals surface area contributed by atoms with Crippen LogP contribution in [-0.4, -0.2) is 34.1 Å². The summed E-state index contributed by atoms with van der Waals surface area (Å²) in [5, 5.41) is 13.7. The summed E-state index contributed by atoms with van der Waals surface area (Å²) >= 11 is 1.27. The van der Waals surface area contributed by atoms with Crippen molar-refractivity contribution in [3.05, 3.63) is 16.1 Å². The predicted octanol–water partition coefficient (Wildman–Crippen LogP) is 1.02. The summed E-state index contributed by atoms with van der Waals surface area (Å²) in [6.07, 6.45) is 1.97. The molecule has 0 aliphatic carbocycles. The maximum absolute atomic E-state index is 11.8. The molecule has 0 spiro atoms. The summed E-state index contributed by atoms with van der Waals surface area (Å²) in [6.45, 7) is 4.08. The van der Waals surface area contributed by atoms with Gasteiger partial charge in [-0.1, -0.05) is 13.3 Å². The van der Waals surface area contributed by atoms with Crippen LogP contribution < -0.4 is 11.1 Å². The number of rotatable bonds is 7. The van der Waals surface area contributed by atoms with Crippen molar-refractivity contribution in [1.82, 2.24) is 10.3 Å². The Bertz CT molecular complexity index is 457. The van der Waals surface area contributed by atoms with Crippen molar-refractivity contribution in [2.24, 2.45) is 5.73 Å². The van der Waals surface area contributed by atoms with Gasteiger partial charge in [0.15, 0.2) is 5.69 Å². The largest absolute Gasteiger partial charge is 0.476 e. The first-order chi connectivity index (χ1) is 8.86. The number of nitrogens with one attached hydrogen (secondary N) is 1. The Morgan fingerprint density at radius 1 is 1.58 bits per heavy atom. The van der Waals surface area contributed by atoms with Gasteiger partial charge in [-0.3, -0.25) is 4.79 Å². The first-order valence-corrected chi connectivity index (χ1v) is 6.99. The van der Waals surface area contributed by atoms with E-state index in [1.807, 2.05) is 6.92 Å². The van der Waals surface area contributed by atoms with E-state index in [-0.39, 0.29) is 11.6 Å². The number of nitrogens with zero attached hydrogens (tertiary/aromatic N) is 1. The molecule has 19 heavy (non-hydrogen) atoms. The van der Waals surface area contributed by atoms with E-state index in [9.17, 15) is 9.59 Å². The van der Waals surface area contributed by atoms with Crippen molar-refractivity contribution in [3.8, 4) is 0 Å². The van der Waals surface area contributed by atoms with Crippen LogP contribution in [0.4, 0.5) is 0 Å². The van der Waals surface area contributed by atoms with Crippen molar-refractivity contribution >= 4 is 23.2 Å². The molecule has 0 aliphatic heterocycles. The van der Waals surface area contributed by atoms with E-state index in [2.05, 4.69) is 10.3 Å². The van der Waals surface area contributed by atoms with Gasteiger partial charge in [0.05, 0.1) is 10.5 Å². The molecule has 1 heterocycles. The van der Waals surface area contributed by atoms with Crippen molar-refractivity contribution in [3.63, 3.8) is 0 Å². The van der Waals surface area contributed by atoms with E-state index in [1.165, 1.54) is 16.7 Å². The number of aromatic carboxylic acids is 1. The second kappa shape index (κ2) is 6.63. The van der Waals surface area contributed by atoms with E-state index in [1.54, 1.807) is 6.92 Å². The lowest BCUT2D eigenvalue weighted by Gasteiger charge is -2.22. The smallest absolute Gasteiger partial charge is 0.355 e. The molecule has 1 amide bonds. The summed E-state index contributed by atoms with van der Waals surface area (Å²) < 4.78 is 0. The first kappa shape index (κ1) is 15.6. The number of carbonyl (C=O) groups is 2. The Morgan fingerprint density at radius 3 is 2.79 bits per heavy atom. The highest BCUT2D eigenvalue weighted by Crippen LogP contribution is 2.11. The van der Waals surface area contributed by atoms with E-state index in [4.69, 9.17) is 10.8 Å². The number of hydrogen-bond acceptors (Lipinski definition) is 5. The van der Waals surface area contributed by atoms with Crippen LogP contribution in [-0.2, 0) is 11.2 Å². The molecule has 1 rings (SSSR count). The van der Waals surface area contributed by atoms with Gasteiger partial charge in [-0.05, 0) is 13.3 Å². The second-order valence-corrected chi connectivity index (χ2v) is 5.55. The third kappa shape index (κ3) is 4.60. The number of hydrogen-bond donors (Lipinski definition) is 3. The highest BCUT2D eigenvalue weighted by Gasteiger charge is 2.26. The van der Waals surface area contributed by atoms with E-state index < -0.39 is 11.5 Å². The maximum atomic E-state index is 11.8. The van der Waals surface area contributed by atoms with E-state index >= 15 is 0 Å². The topological polar surface area (TPSA) is 105 Å². The van der Waals surface area contributed by atoms with Gasteiger partial charge < -0.3 is 16.2 Å². The van der Waals surface area contributed by atoms with Crippen molar-refractivity contribution < 1.29 is 14.7 Å². The van der Waals surface area contributed by atoms with Crippen LogP contribution in [0.5, 0.6) is 0 Å². The Hall–Kier alpha value is -1.47. The van der Waals surface area contributed by atoms with Gasteiger partial charge >= 0.3 is 5.97 Å². The molecule has 0 aliphatic rings. The Labute approximate surface area is 116 Å². The SMILES string of the molecule is CCCC(C)(N)C(=O)NCCc1nc(C(=O)O)cs1. The van der Waals surface area contributed by atoms with Crippen molar-refractivity contribution in [2.45, 2.75) is 38.6 Å². The number of nitrogens with two attached hydrogens (primary N) is 1. The van der Waals surface area contributed by atoms with Gasteiger partial charge in [-0.2, -0.15) is 0 Å². The number of amides is 1. The fraction of sp³-hybridized carbons (Fsp3) is 0.583. The highest BCUT2D eigenvalue weighted by atomic mass is 32.1. The van der Waals surface area contributed by atoms with Crippen molar-refractivity contribution in [2.75, 3.05) is 6.54 Å². The van der Waals surface area contributed by atoms with Crippen LogP contribution in [0.2, 0.25) is 0 Å².